The van der Waals surface area contributed by atoms with Gasteiger partial charge in [-0.25, -0.2) is 9.59 Å². The van der Waals surface area contributed by atoms with E-state index in [2.05, 4.69) is 17.4 Å². The van der Waals surface area contributed by atoms with E-state index in [1.165, 1.54) is 4.90 Å². The van der Waals surface area contributed by atoms with Crippen LogP contribution in [0.1, 0.15) is 51.7 Å². The first-order valence-electron chi connectivity index (χ1n) is 12.2. The molecule has 8 heteroatoms. The number of carboxylic acid groups (broad SMARTS) is 1. The number of ether oxygens (including phenoxy) is 2. The highest BCUT2D eigenvalue weighted by atomic mass is 16.6. The van der Waals surface area contributed by atoms with Crippen LogP contribution in [0.3, 0.4) is 0 Å². The number of nitrogens with one attached hydrogen (secondary N) is 1. The number of carbonyl (C=O) groups excluding carboxylic acids is 2. The van der Waals surface area contributed by atoms with Crippen LogP contribution in [0.4, 0.5) is 9.59 Å². The molecule has 2 aromatic carbocycles. The maximum absolute atomic E-state index is 13.1. The maximum Gasteiger partial charge on any atom is 0.409 e. The second kappa shape index (κ2) is 9.48. The molecule has 0 spiro atoms. The van der Waals surface area contributed by atoms with Gasteiger partial charge in [-0.15, -0.1) is 0 Å². The Morgan fingerprint density at radius 2 is 1.50 bits per heavy atom. The number of rotatable bonds is 5. The van der Waals surface area contributed by atoms with Gasteiger partial charge in [0.05, 0.1) is 5.92 Å². The zero-order valence-corrected chi connectivity index (χ0v) is 21.4. The van der Waals surface area contributed by atoms with Crippen molar-refractivity contribution < 1.29 is 29.0 Å². The van der Waals surface area contributed by atoms with Crippen molar-refractivity contribution in [2.24, 2.45) is 11.8 Å². The third-order valence-electron chi connectivity index (χ3n) is 6.98. The predicted octanol–water partition coefficient (Wildman–Crippen LogP) is 4.87. The quantitative estimate of drug-likeness (QED) is 0.614. The van der Waals surface area contributed by atoms with Crippen molar-refractivity contribution in [1.29, 1.82) is 0 Å². The minimum Gasteiger partial charge on any atom is -0.481 e. The molecule has 0 saturated carbocycles. The van der Waals surface area contributed by atoms with Crippen molar-refractivity contribution >= 4 is 18.2 Å². The monoisotopic (exact) mass is 494 g/mol. The fourth-order valence-electron chi connectivity index (χ4n) is 5.28. The number of amides is 2. The van der Waals surface area contributed by atoms with Crippen LogP contribution >= 0.6 is 0 Å². The summed E-state index contributed by atoms with van der Waals surface area (Å²) in [5.74, 6) is -2.48. The zero-order chi connectivity index (χ0) is 26.3. The molecule has 2 aromatic rings. The third kappa shape index (κ3) is 5.17. The number of hydrogen-bond donors (Lipinski definition) is 2. The van der Waals surface area contributed by atoms with E-state index in [1.54, 1.807) is 34.6 Å². The van der Waals surface area contributed by atoms with Crippen LogP contribution in [-0.4, -0.2) is 59.0 Å². The van der Waals surface area contributed by atoms with Crippen molar-refractivity contribution in [1.82, 2.24) is 10.2 Å². The highest BCUT2D eigenvalue weighted by Crippen LogP contribution is 2.44. The first-order chi connectivity index (χ1) is 16.9. The molecule has 192 valence electrons. The molecule has 1 saturated heterocycles. The number of fused-ring (bicyclic) bond motifs is 3. The van der Waals surface area contributed by atoms with E-state index >= 15 is 0 Å². The highest BCUT2D eigenvalue weighted by Gasteiger charge is 2.48. The number of alkyl carbamates (subject to hydrolysis) is 1. The lowest BCUT2D eigenvalue weighted by atomic mass is 9.80. The molecule has 4 rings (SSSR count). The molecule has 2 atom stereocenters. The van der Waals surface area contributed by atoms with Gasteiger partial charge < -0.3 is 24.8 Å². The molecule has 1 heterocycles. The lowest BCUT2D eigenvalue weighted by molar-refractivity contribution is -0.143. The lowest BCUT2D eigenvalue weighted by Crippen LogP contribution is -2.53. The van der Waals surface area contributed by atoms with Gasteiger partial charge in [0, 0.05) is 30.5 Å². The van der Waals surface area contributed by atoms with Gasteiger partial charge in [0.1, 0.15) is 12.2 Å². The van der Waals surface area contributed by atoms with Gasteiger partial charge in [0.15, 0.2) is 0 Å². The zero-order valence-electron chi connectivity index (χ0n) is 21.4. The molecule has 2 aliphatic rings. The second-order valence-electron chi connectivity index (χ2n) is 11.1. The van der Waals surface area contributed by atoms with Gasteiger partial charge >= 0.3 is 18.2 Å². The van der Waals surface area contributed by atoms with E-state index in [1.807, 2.05) is 36.4 Å². The molecule has 8 nitrogen and oxygen atoms in total. The highest BCUT2D eigenvalue weighted by molar-refractivity contribution is 5.79. The summed E-state index contributed by atoms with van der Waals surface area (Å²) < 4.78 is 11.1. The number of likely N-dealkylation sites (tertiary alicyclic amines) is 1. The Bertz CT molecular complexity index is 1120. The first-order valence-corrected chi connectivity index (χ1v) is 12.2. The van der Waals surface area contributed by atoms with Gasteiger partial charge in [-0.3, -0.25) is 4.79 Å². The first kappa shape index (κ1) is 25.5. The van der Waals surface area contributed by atoms with Crippen LogP contribution in [0.2, 0.25) is 0 Å². The summed E-state index contributed by atoms with van der Waals surface area (Å²) in [4.78, 5) is 38.9. The molecule has 36 heavy (non-hydrogen) atoms. The van der Waals surface area contributed by atoms with Crippen molar-refractivity contribution in [3.8, 4) is 11.1 Å². The molecule has 1 fully saturated rings. The number of benzene rings is 2. The van der Waals surface area contributed by atoms with Crippen LogP contribution in [0.25, 0.3) is 11.1 Å². The van der Waals surface area contributed by atoms with Gasteiger partial charge in [-0.1, -0.05) is 48.5 Å². The summed E-state index contributed by atoms with van der Waals surface area (Å²) in [5.41, 5.74) is 2.88. The van der Waals surface area contributed by atoms with Gasteiger partial charge in [-0.2, -0.15) is 0 Å². The topological polar surface area (TPSA) is 105 Å². The van der Waals surface area contributed by atoms with Crippen LogP contribution in [0.5, 0.6) is 0 Å². The van der Waals surface area contributed by atoms with E-state index in [-0.39, 0.29) is 25.6 Å². The Morgan fingerprint density at radius 3 is 2.03 bits per heavy atom. The molecule has 1 aliphatic heterocycles. The summed E-state index contributed by atoms with van der Waals surface area (Å²) in [6.45, 7) is 9.09. The van der Waals surface area contributed by atoms with Crippen molar-refractivity contribution in [3.63, 3.8) is 0 Å². The number of carboxylic acids is 1. The largest absolute Gasteiger partial charge is 0.481 e. The van der Waals surface area contributed by atoms with E-state index in [0.29, 0.717) is 0 Å². The van der Waals surface area contributed by atoms with Crippen LogP contribution in [0, 0.1) is 11.8 Å². The normalized spacial score (nSPS) is 19.4. The Kier molecular flexibility index (Phi) is 6.73. The Balaban J connectivity index is 1.45. The number of aliphatic carboxylic acids is 1. The third-order valence-corrected chi connectivity index (χ3v) is 6.98. The predicted molar refractivity (Wildman–Crippen MR) is 135 cm³/mol. The maximum atomic E-state index is 13.1. The van der Waals surface area contributed by atoms with Crippen LogP contribution in [0.15, 0.2) is 48.5 Å². The fourth-order valence-corrected chi connectivity index (χ4v) is 5.28. The average molecular weight is 495 g/mol. The Labute approximate surface area is 211 Å². The summed E-state index contributed by atoms with van der Waals surface area (Å²) in [5, 5.41) is 12.7. The Morgan fingerprint density at radius 1 is 0.944 bits per heavy atom. The van der Waals surface area contributed by atoms with E-state index < -0.39 is 41.1 Å². The molecular formula is C28H34N2O6. The van der Waals surface area contributed by atoms with Crippen LogP contribution in [-0.2, 0) is 14.3 Å². The van der Waals surface area contributed by atoms with Crippen molar-refractivity contribution in [3.05, 3.63) is 59.7 Å². The van der Waals surface area contributed by atoms with E-state index in [9.17, 15) is 19.5 Å². The lowest BCUT2D eigenvalue weighted by Gasteiger charge is -2.35. The summed E-state index contributed by atoms with van der Waals surface area (Å²) in [6.07, 6.45) is -1.19. The average Bonchev–Trinajstić information content (AvgIpc) is 3.37. The minimum atomic E-state index is -1.02. The molecule has 0 aromatic heterocycles. The summed E-state index contributed by atoms with van der Waals surface area (Å²) in [6, 6.07) is 16.2. The van der Waals surface area contributed by atoms with Crippen molar-refractivity contribution in [2.45, 2.75) is 51.7 Å². The molecular weight excluding hydrogens is 460 g/mol. The number of carbonyl (C=O) groups is 3. The van der Waals surface area contributed by atoms with E-state index in [4.69, 9.17) is 9.47 Å². The van der Waals surface area contributed by atoms with Crippen molar-refractivity contribution in [2.75, 3.05) is 19.7 Å². The fraction of sp³-hybridized carbons (Fsp3) is 0.464. The molecule has 1 aliphatic carbocycles. The smallest absolute Gasteiger partial charge is 0.409 e. The van der Waals surface area contributed by atoms with Gasteiger partial charge in [0.2, 0.25) is 0 Å². The molecule has 2 N–H and O–H groups in total. The summed E-state index contributed by atoms with van der Waals surface area (Å²) >= 11 is 0. The number of hydrogen-bond acceptors (Lipinski definition) is 5. The standard InChI is InChI=1S/C28H34N2O6/c1-27(2,3)36-25(33)29-28(4,5)23-15-30(14-21(23)24(31)32)26(34)35-16-22-19-12-8-6-10-17(19)18-11-7-9-13-20(18)22/h6-13,21-23H,14-16H2,1-5H3,(H,29,33)(H,31,32)/t21-,23-/m1/s1. The summed E-state index contributed by atoms with van der Waals surface area (Å²) in [7, 11) is 0. The molecule has 0 radical (unpaired) electrons. The van der Waals surface area contributed by atoms with Gasteiger partial charge in [0.25, 0.3) is 0 Å². The number of nitrogens with zero attached hydrogens (tertiary/aromatic N) is 1. The Hall–Kier alpha value is -3.55. The minimum absolute atomic E-state index is 0.0100. The van der Waals surface area contributed by atoms with E-state index in [0.717, 1.165) is 22.3 Å². The molecule has 2 amide bonds. The second-order valence-corrected chi connectivity index (χ2v) is 11.1. The molecule has 0 unspecified atom stereocenters. The van der Waals surface area contributed by atoms with Gasteiger partial charge in [-0.05, 0) is 56.9 Å². The molecule has 0 bridgehead atoms. The van der Waals surface area contributed by atoms with Crippen LogP contribution < -0.4 is 5.32 Å². The SMILES string of the molecule is CC(C)(C)OC(=O)NC(C)(C)[C@@H]1CN(C(=O)OCC2c3ccccc3-c3ccccc32)C[C@H]1C(=O)O.